The summed E-state index contributed by atoms with van der Waals surface area (Å²) in [5, 5.41) is 8.18. The van der Waals surface area contributed by atoms with Crippen LogP contribution < -0.4 is 5.32 Å². The topological polar surface area (TPSA) is 49.9 Å². The predicted molar refractivity (Wildman–Crippen MR) is 194 cm³/mol. The summed E-state index contributed by atoms with van der Waals surface area (Å²) in [4.78, 5) is 10.4. The predicted octanol–water partition coefficient (Wildman–Crippen LogP) is 10.6. The molecule has 1 atom stereocenters. The summed E-state index contributed by atoms with van der Waals surface area (Å²) in [5.41, 5.74) is 9.33. The highest BCUT2D eigenvalue weighted by Gasteiger charge is 2.26. The molecule has 1 aliphatic rings. The molecule has 8 aromatic rings. The van der Waals surface area contributed by atoms with Gasteiger partial charge in [0.2, 0.25) is 0 Å². The molecule has 0 saturated carbocycles. The van der Waals surface area contributed by atoms with Gasteiger partial charge in [-0.15, -0.1) is 0 Å². The van der Waals surface area contributed by atoms with Gasteiger partial charge in [-0.3, -0.25) is 0 Å². The fourth-order valence-corrected chi connectivity index (χ4v) is 6.79. The largest absolute Gasteiger partial charge is 0.455 e. The van der Waals surface area contributed by atoms with Crippen molar-refractivity contribution < 1.29 is 4.42 Å². The maximum absolute atomic E-state index is 6.60. The van der Waals surface area contributed by atoms with E-state index in [-0.39, 0.29) is 0 Å². The minimum Gasteiger partial charge on any atom is -0.455 e. The zero-order chi connectivity index (χ0) is 31.2. The van der Waals surface area contributed by atoms with Crippen LogP contribution in [0, 0.1) is 0 Å². The Balaban J connectivity index is 1.23. The quantitative estimate of drug-likeness (QED) is 0.213. The second-order valence-corrected chi connectivity index (χ2v) is 11.8. The number of nitrogens with one attached hydrogen (secondary N) is 1. The van der Waals surface area contributed by atoms with Crippen LogP contribution >= 0.6 is 0 Å². The number of amidine groups is 2. The van der Waals surface area contributed by atoms with Gasteiger partial charge >= 0.3 is 0 Å². The van der Waals surface area contributed by atoms with Crippen molar-refractivity contribution in [3.63, 3.8) is 0 Å². The van der Waals surface area contributed by atoms with Crippen LogP contribution in [0.1, 0.15) is 22.9 Å². The van der Waals surface area contributed by atoms with Crippen molar-refractivity contribution in [2.45, 2.75) is 6.17 Å². The van der Waals surface area contributed by atoms with Crippen molar-refractivity contribution in [3.05, 3.63) is 180 Å². The van der Waals surface area contributed by atoms with Crippen LogP contribution in [0.4, 0.5) is 0 Å². The molecule has 0 bridgehead atoms. The number of furan rings is 1. The first kappa shape index (κ1) is 27.1. The first-order chi connectivity index (χ1) is 23.3. The van der Waals surface area contributed by atoms with E-state index in [1.807, 2.05) is 30.3 Å². The zero-order valence-corrected chi connectivity index (χ0v) is 25.5. The van der Waals surface area contributed by atoms with Gasteiger partial charge in [-0.1, -0.05) is 158 Å². The van der Waals surface area contributed by atoms with E-state index in [0.29, 0.717) is 5.84 Å². The van der Waals surface area contributed by atoms with E-state index < -0.39 is 6.17 Å². The van der Waals surface area contributed by atoms with E-state index in [9.17, 15) is 0 Å². The molecule has 0 amide bonds. The van der Waals surface area contributed by atoms with E-state index in [2.05, 4.69) is 139 Å². The number of aliphatic imine (C=N–C) groups is 2. The van der Waals surface area contributed by atoms with E-state index in [1.54, 1.807) is 0 Å². The van der Waals surface area contributed by atoms with E-state index in [0.717, 1.165) is 61.0 Å². The minimum atomic E-state index is -0.393. The lowest BCUT2D eigenvalue weighted by molar-refractivity contribution is 0.663. The molecule has 1 aromatic heterocycles. The fourth-order valence-electron chi connectivity index (χ4n) is 6.79. The highest BCUT2D eigenvalue weighted by molar-refractivity contribution is 6.19. The summed E-state index contributed by atoms with van der Waals surface area (Å²) in [6.45, 7) is 0. The Bertz CT molecular complexity index is 2480. The van der Waals surface area contributed by atoms with Crippen LogP contribution in [-0.4, -0.2) is 11.7 Å². The third kappa shape index (κ3) is 4.70. The average Bonchev–Trinajstić information content (AvgIpc) is 3.54. The third-order valence-corrected chi connectivity index (χ3v) is 8.97. The molecule has 47 heavy (non-hydrogen) atoms. The van der Waals surface area contributed by atoms with E-state index >= 15 is 0 Å². The molecule has 1 unspecified atom stereocenters. The summed E-state index contributed by atoms with van der Waals surface area (Å²) in [6.07, 6.45) is -0.393. The maximum Gasteiger partial charge on any atom is 0.159 e. The lowest BCUT2D eigenvalue weighted by Crippen LogP contribution is -2.33. The Labute approximate surface area is 272 Å². The normalized spacial score (nSPS) is 14.6. The van der Waals surface area contributed by atoms with Crippen LogP contribution in [0.15, 0.2) is 178 Å². The summed E-state index contributed by atoms with van der Waals surface area (Å²) in [7, 11) is 0. The standard InChI is InChI=1S/C43H29N3O/c1-4-14-28(15-5-1)31-26-27-35(34-21-11-10-20-33(31)34)42-44-41(30-18-8-3-9-19-30)45-43(46-42)37-24-13-25-38-39(37)36-23-12-22-32(40(36)47-38)29-16-6-2-7-17-29/h1-27,43H,(H,44,45,46). The molecular weight excluding hydrogens is 574 g/mol. The second kappa shape index (κ2) is 11.3. The van der Waals surface area contributed by atoms with Gasteiger partial charge in [0, 0.05) is 33.0 Å². The number of hydrogen-bond donors (Lipinski definition) is 1. The number of nitrogens with zero attached hydrogens (tertiary/aromatic N) is 2. The molecule has 0 spiro atoms. The third-order valence-electron chi connectivity index (χ3n) is 8.97. The van der Waals surface area contributed by atoms with E-state index in [4.69, 9.17) is 14.4 Å². The molecule has 1 aliphatic heterocycles. The van der Waals surface area contributed by atoms with Crippen molar-refractivity contribution in [2.24, 2.45) is 9.98 Å². The molecule has 0 saturated heterocycles. The molecular formula is C43H29N3O. The number of benzene rings is 7. The molecule has 7 aromatic carbocycles. The van der Waals surface area contributed by atoms with Gasteiger partial charge in [0.25, 0.3) is 0 Å². The first-order valence-corrected chi connectivity index (χ1v) is 15.9. The second-order valence-electron chi connectivity index (χ2n) is 11.8. The zero-order valence-electron chi connectivity index (χ0n) is 25.5. The molecule has 2 heterocycles. The van der Waals surface area contributed by atoms with Gasteiger partial charge in [0.1, 0.15) is 23.2 Å². The number of rotatable bonds is 5. The van der Waals surface area contributed by atoms with Gasteiger partial charge < -0.3 is 9.73 Å². The average molecular weight is 604 g/mol. The van der Waals surface area contributed by atoms with Crippen molar-refractivity contribution in [1.29, 1.82) is 0 Å². The lowest BCUT2D eigenvalue weighted by Gasteiger charge is -2.25. The number of hydrogen-bond acceptors (Lipinski definition) is 4. The summed E-state index contributed by atoms with van der Waals surface area (Å²) in [6, 6.07) is 56.7. The summed E-state index contributed by atoms with van der Waals surface area (Å²) in [5.74, 6) is 1.48. The monoisotopic (exact) mass is 603 g/mol. The molecule has 4 nitrogen and oxygen atoms in total. The van der Waals surface area contributed by atoms with Crippen molar-refractivity contribution in [1.82, 2.24) is 5.32 Å². The highest BCUT2D eigenvalue weighted by atomic mass is 16.3. The molecule has 0 fully saturated rings. The van der Waals surface area contributed by atoms with Crippen LogP contribution in [0.5, 0.6) is 0 Å². The lowest BCUT2D eigenvalue weighted by atomic mass is 9.94. The van der Waals surface area contributed by atoms with Crippen molar-refractivity contribution in [2.75, 3.05) is 0 Å². The van der Waals surface area contributed by atoms with Crippen LogP contribution in [0.3, 0.4) is 0 Å². The summed E-state index contributed by atoms with van der Waals surface area (Å²) >= 11 is 0. The van der Waals surface area contributed by atoms with Crippen LogP contribution in [0.25, 0.3) is 55.0 Å². The minimum absolute atomic E-state index is 0.393. The van der Waals surface area contributed by atoms with Gasteiger partial charge in [-0.05, 0) is 33.5 Å². The van der Waals surface area contributed by atoms with Gasteiger partial charge in [0.05, 0.1) is 0 Å². The Hall–Kier alpha value is -6.26. The highest BCUT2D eigenvalue weighted by Crippen LogP contribution is 2.40. The molecule has 0 aliphatic carbocycles. The smallest absolute Gasteiger partial charge is 0.159 e. The number of fused-ring (bicyclic) bond motifs is 4. The number of para-hydroxylation sites is 1. The van der Waals surface area contributed by atoms with Crippen molar-refractivity contribution in [3.8, 4) is 22.3 Å². The van der Waals surface area contributed by atoms with Gasteiger partial charge in [-0.25, -0.2) is 9.98 Å². The molecule has 4 heteroatoms. The van der Waals surface area contributed by atoms with Crippen LogP contribution in [0.2, 0.25) is 0 Å². The van der Waals surface area contributed by atoms with Gasteiger partial charge in [0.15, 0.2) is 5.84 Å². The van der Waals surface area contributed by atoms with E-state index in [1.165, 1.54) is 16.5 Å². The molecule has 0 radical (unpaired) electrons. The van der Waals surface area contributed by atoms with Gasteiger partial charge in [-0.2, -0.15) is 0 Å². The van der Waals surface area contributed by atoms with Crippen molar-refractivity contribution >= 4 is 44.4 Å². The maximum atomic E-state index is 6.60. The SMILES string of the molecule is c1ccc(C2=NC(c3cccc4oc5c(-c6ccccc6)cccc5c34)NC(c3ccc(-c4ccccc4)c4ccccc34)=N2)cc1. The molecule has 222 valence electrons. The Morgan fingerprint density at radius 2 is 1.04 bits per heavy atom. The first-order valence-electron chi connectivity index (χ1n) is 15.9. The fraction of sp³-hybridized carbons (Fsp3) is 0.0233. The summed E-state index contributed by atoms with van der Waals surface area (Å²) < 4.78 is 6.60. The Morgan fingerprint density at radius 3 is 1.77 bits per heavy atom. The van der Waals surface area contributed by atoms with Crippen LogP contribution in [-0.2, 0) is 0 Å². The molecule has 1 N–H and O–H groups in total. The molecule has 9 rings (SSSR count). The Kier molecular flexibility index (Phi) is 6.50. The Morgan fingerprint density at radius 1 is 0.468 bits per heavy atom.